The minimum Gasteiger partial charge on any atom is -0.491 e. The minimum absolute atomic E-state index is 0.0511. The van der Waals surface area contributed by atoms with Crippen LogP contribution in [0.3, 0.4) is 0 Å². The van der Waals surface area contributed by atoms with E-state index in [9.17, 15) is 9.90 Å². The van der Waals surface area contributed by atoms with Crippen LogP contribution >= 0.6 is 0 Å². The lowest BCUT2D eigenvalue weighted by Crippen LogP contribution is -2.36. The number of ether oxygens (including phenoxy) is 1. The highest BCUT2D eigenvalue weighted by atomic mass is 16.5. The van der Waals surface area contributed by atoms with Gasteiger partial charge in [0.2, 0.25) is 5.91 Å². The Morgan fingerprint density at radius 3 is 2.72 bits per heavy atom. The lowest BCUT2D eigenvalue weighted by atomic mass is 10.3. The van der Waals surface area contributed by atoms with Crippen molar-refractivity contribution in [1.29, 1.82) is 0 Å². The number of carbonyl (C=O) groups excluding carboxylic acids is 1. The largest absolute Gasteiger partial charge is 0.491 e. The number of nitrogens with one attached hydrogen (secondary N) is 2. The number of benzene rings is 1. The smallest absolute Gasteiger partial charge is 0.216 e. The molecule has 0 heterocycles. The second-order valence-corrected chi connectivity index (χ2v) is 3.96. The van der Waals surface area contributed by atoms with Gasteiger partial charge in [-0.3, -0.25) is 4.79 Å². The zero-order valence-electron chi connectivity index (χ0n) is 10.6. The molecule has 0 aliphatic heterocycles. The van der Waals surface area contributed by atoms with Crippen LogP contribution in [0, 0.1) is 0 Å². The van der Waals surface area contributed by atoms with Crippen LogP contribution < -0.4 is 15.4 Å². The second-order valence-electron chi connectivity index (χ2n) is 3.96. The molecule has 0 saturated carbocycles. The summed E-state index contributed by atoms with van der Waals surface area (Å²) >= 11 is 0. The number of aliphatic hydroxyl groups is 1. The monoisotopic (exact) mass is 252 g/mol. The lowest BCUT2D eigenvalue weighted by molar-refractivity contribution is -0.118. The van der Waals surface area contributed by atoms with Crippen LogP contribution in [-0.4, -0.2) is 43.4 Å². The maximum absolute atomic E-state index is 10.6. The van der Waals surface area contributed by atoms with E-state index in [4.69, 9.17) is 4.74 Å². The van der Waals surface area contributed by atoms with E-state index < -0.39 is 6.10 Å². The van der Waals surface area contributed by atoms with Gasteiger partial charge in [0, 0.05) is 26.6 Å². The first-order chi connectivity index (χ1) is 8.68. The molecule has 0 aromatic heterocycles. The standard InChI is InChI=1S/C13H20N2O3/c1-11(16)15-8-7-14-9-12(17)10-18-13-5-3-2-4-6-13/h2-6,12,14,17H,7-10H2,1H3,(H,15,16)/t12-/m0/s1. The van der Waals surface area contributed by atoms with Gasteiger partial charge in [-0.15, -0.1) is 0 Å². The van der Waals surface area contributed by atoms with Crippen molar-refractivity contribution in [3.05, 3.63) is 30.3 Å². The van der Waals surface area contributed by atoms with E-state index in [1.165, 1.54) is 6.92 Å². The van der Waals surface area contributed by atoms with E-state index in [0.29, 0.717) is 19.6 Å². The summed E-state index contributed by atoms with van der Waals surface area (Å²) in [6.07, 6.45) is -0.567. The summed E-state index contributed by atoms with van der Waals surface area (Å²) < 4.78 is 5.40. The molecule has 1 aromatic carbocycles. The van der Waals surface area contributed by atoms with Crippen LogP contribution in [0.4, 0.5) is 0 Å². The number of amides is 1. The Morgan fingerprint density at radius 2 is 2.06 bits per heavy atom. The van der Waals surface area contributed by atoms with Crippen molar-refractivity contribution in [2.75, 3.05) is 26.2 Å². The number of hydrogen-bond acceptors (Lipinski definition) is 4. The average molecular weight is 252 g/mol. The van der Waals surface area contributed by atoms with E-state index in [-0.39, 0.29) is 12.5 Å². The molecule has 0 aliphatic rings. The number of carbonyl (C=O) groups is 1. The third-order valence-electron chi connectivity index (χ3n) is 2.24. The number of aliphatic hydroxyl groups excluding tert-OH is 1. The van der Waals surface area contributed by atoms with Crippen LogP contribution in [0.25, 0.3) is 0 Å². The highest BCUT2D eigenvalue weighted by Gasteiger charge is 2.04. The van der Waals surface area contributed by atoms with E-state index in [2.05, 4.69) is 10.6 Å². The van der Waals surface area contributed by atoms with Gasteiger partial charge in [-0.2, -0.15) is 0 Å². The minimum atomic E-state index is -0.567. The third kappa shape index (κ3) is 6.88. The number of para-hydroxylation sites is 1. The summed E-state index contributed by atoms with van der Waals surface area (Å²) in [5, 5.41) is 15.3. The van der Waals surface area contributed by atoms with Crippen molar-refractivity contribution in [2.45, 2.75) is 13.0 Å². The van der Waals surface area contributed by atoms with Gasteiger partial charge >= 0.3 is 0 Å². The van der Waals surface area contributed by atoms with Crippen LogP contribution in [0.15, 0.2) is 30.3 Å². The molecule has 0 aliphatic carbocycles. The van der Waals surface area contributed by atoms with E-state index in [1.807, 2.05) is 30.3 Å². The van der Waals surface area contributed by atoms with Gasteiger partial charge in [-0.25, -0.2) is 0 Å². The molecular formula is C13H20N2O3. The van der Waals surface area contributed by atoms with Crippen molar-refractivity contribution < 1.29 is 14.6 Å². The van der Waals surface area contributed by atoms with Gasteiger partial charge in [0.05, 0.1) is 0 Å². The highest BCUT2D eigenvalue weighted by Crippen LogP contribution is 2.08. The zero-order valence-corrected chi connectivity index (χ0v) is 10.6. The van der Waals surface area contributed by atoms with Gasteiger partial charge in [-0.1, -0.05) is 18.2 Å². The Labute approximate surface area is 107 Å². The molecule has 0 saturated heterocycles. The maximum Gasteiger partial charge on any atom is 0.216 e. The molecule has 0 unspecified atom stereocenters. The molecule has 0 spiro atoms. The third-order valence-corrected chi connectivity index (χ3v) is 2.24. The molecule has 1 rings (SSSR count). The molecule has 0 fully saturated rings. The van der Waals surface area contributed by atoms with Gasteiger partial charge in [0.1, 0.15) is 18.5 Å². The van der Waals surface area contributed by atoms with E-state index in [1.54, 1.807) is 0 Å². The Balaban J connectivity index is 2.04. The zero-order chi connectivity index (χ0) is 13.2. The predicted molar refractivity (Wildman–Crippen MR) is 69.5 cm³/mol. The van der Waals surface area contributed by atoms with Gasteiger partial charge in [-0.05, 0) is 12.1 Å². The van der Waals surface area contributed by atoms with Crippen molar-refractivity contribution in [3.8, 4) is 5.75 Å². The van der Waals surface area contributed by atoms with Crippen LogP contribution in [0.1, 0.15) is 6.92 Å². The molecule has 18 heavy (non-hydrogen) atoms. The average Bonchev–Trinajstić information content (AvgIpc) is 2.37. The van der Waals surface area contributed by atoms with Crippen molar-refractivity contribution in [3.63, 3.8) is 0 Å². The second kappa shape index (κ2) is 8.49. The van der Waals surface area contributed by atoms with Crippen molar-refractivity contribution in [1.82, 2.24) is 10.6 Å². The topological polar surface area (TPSA) is 70.6 Å². The molecular weight excluding hydrogens is 232 g/mol. The first-order valence-corrected chi connectivity index (χ1v) is 5.99. The molecule has 5 nitrogen and oxygen atoms in total. The maximum atomic E-state index is 10.6. The Morgan fingerprint density at radius 1 is 1.33 bits per heavy atom. The summed E-state index contributed by atoms with van der Waals surface area (Å²) in [4.78, 5) is 10.6. The van der Waals surface area contributed by atoms with Gasteiger partial charge in [0.25, 0.3) is 0 Å². The summed E-state index contributed by atoms with van der Waals surface area (Å²) in [5.41, 5.74) is 0. The summed E-state index contributed by atoms with van der Waals surface area (Å²) in [7, 11) is 0. The normalized spacial score (nSPS) is 11.9. The molecule has 100 valence electrons. The van der Waals surface area contributed by atoms with E-state index >= 15 is 0 Å². The van der Waals surface area contributed by atoms with Crippen molar-refractivity contribution >= 4 is 5.91 Å². The quantitative estimate of drug-likeness (QED) is 0.576. The van der Waals surface area contributed by atoms with Crippen molar-refractivity contribution in [2.24, 2.45) is 0 Å². The summed E-state index contributed by atoms with van der Waals surface area (Å²) in [6.45, 7) is 3.34. The Bertz CT molecular complexity index is 343. The Kier molecular flexibility index (Phi) is 6.83. The molecule has 1 atom stereocenters. The van der Waals surface area contributed by atoms with Gasteiger partial charge in [0.15, 0.2) is 0 Å². The van der Waals surface area contributed by atoms with Crippen LogP contribution in [0.5, 0.6) is 5.75 Å². The molecule has 1 amide bonds. The number of rotatable bonds is 8. The van der Waals surface area contributed by atoms with Gasteiger partial charge < -0.3 is 20.5 Å². The Hall–Kier alpha value is -1.59. The molecule has 0 bridgehead atoms. The van der Waals surface area contributed by atoms with E-state index in [0.717, 1.165) is 5.75 Å². The number of hydrogen-bond donors (Lipinski definition) is 3. The molecule has 3 N–H and O–H groups in total. The molecule has 5 heteroatoms. The highest BCUT2D eigenvalue weighted by molar-refractivity contribution is 5.72. The SMILES string of the molecule is CC(=O)NCCNC[C@H](O)COc1ccccc1. The fraction of sp³-hybridized carbons (Fsp3) is 0.462. The molecule has 1 aromatic rings. The fourth-order valence-electron chi connectivity index (χ4n) is 1.36. The summed E-state index contributed by atoms with van der Waals surface area (Å²) in [5.74, 6) is 0.694. The predicted octanol–water partition coefficient (Wildman–Crippen LogP) is 0.152. The van der Waals surface area contributed by atoms with Crippen LogP contribution in [-0.2, 0) is 4.79 Å². The van der Waals surface area contributed by atoms with Crippen LogP contribution in [0.2, 0.25) is 0 Å². The molecule has 0 radical (unpaired) electrons. The first-order valence-electron chi connectivity index (χ1n) is 5.99. The fourth-order valence-corrected chi connectivity index (χ4v) is 1.36. The lowest BCUT2D eigenvalue weighted by Gasteiger charge is -2.13. The first kappa shape index (κ1) is 14.5. The summed E-state index contributed by atoms with van der Waals surface area (Å²) in [6, 6.07) is 9.36.